The minimum Gasteiger partial charge on any atom is -0.287 e. The van der Waals surface area contributed by atoms with Crippen molar-refractivity contribution in [2.45, 2.75) is 6.92 Å². The van der Waals surface area contributed by atoms with Crippen molar-refractivity contribution < 1.29 is 9.59 Å². The molecule has 1 aliphatic rings. The average molecular weight is 276 g/mol. The highest BCUT2D eigenvalue weighted by Crippen LogP contribution is 2.29. The quantitative estimate of drug-likeness (QED) is 0.804. The summed E-state index contributed by atoms with van der Waals surface area (Å²) >= 11 is 0. The van der Waals surface area contributed by atoms with Crippen molar-refractivity contribution in [1.82, 2.24) is 0 Å². The lowest BCUT2D eigenvalue weighted by Gasteiger charge is -2.04. The van der Waals surface area contributed by atoms with Gasteiger partial charge in [-0.2, -0.15) is 0 Å². The molecular weight excluding hydrogens is 264 g/mol. The van der Waals surface area contributed by atoms with Crippen LogP contribution in [0.5, 0.6) is 0 Å². The van der Waals surface area contributed by atoms with Gasteiger partial charge in [-0.15, -0.1) is 10.2 Å². The number of azo groups is 1. The maximum Gasteiger partial charge on any atom is 0.298 e. The number of Topliss-reactive ketones (excluding diaryl/α,β-unsaturated/α-hetero) is 1. The molecule has 0 saturated heterocycles. The van der Waals surface area contributed by atoms with E-state index in [1.54, 1.807) is 36.4 Å². The zero-order valence-electron chi connectivity index (χ0n) is 11.4. The molecule has 1 aliphatic heterocycles. The Morgan fingerprint density at radius 1 is 0.905 bits per heavy atom. The van der Waals surface area contributed by atoms with Gasteiger partial charge in [0.15, 0.2) is 0 Å². The zero-order valence-corrected chi connectivity index (χ0v) is 11.4. The van der Waals surface area contributed by atoms with Gasteiger partial charge in [-0.1, -0.05) is 60.2 Å². The number of ketones is 1. The van der Waals surface area contributed by atoms with Crippen LogP contribution in [-0.4, -0.2) is 11.7 Å². The van der Waals surface area contributed by atoms with Gasteiger partial charge in [0, 0.05) is 5.56 Å². The van der Waals surface area contributed by atoms with E-state index < -0.39 is 5.91 Å². The van der Waals surface area contributed by atoms with E-state index in [1.807, 2.05) is 25.1 Å². The predicted octanol–water partition coefficient (Wildman–Crippen LogP) is 3.58. The largest absolute Gasteiger partial charge is 0.298 e. The minimum absolute atomic E-state index is 0.107. The number of carbonyl (C=O) groups excluding carboxylic acids is 2. The first-order valence-electron chi connectivity index (χ1n) is 6.54. The van der Waals surface area contributed by atoms with Crippen LogP contribution in [0.3, 0.4) is 0 Å². The van der Waals surface area contributed by atoms with Crippen molar-refractivity contribution >= 4 is 17.3 Å². The SMILES string of the molecule is Cc1ccc(C2=C(C(=O)c3ccccc3)N=NC2=O)cc1. The molecule has 0 atom stereocenters. The summed E-state index contributed by atoms with van der Waals surface area (Å²) < 4.78 is 0. The summed E-state index contributed by atoms with van der Waals surface area (Å²) in [6, 6.07) is 16.1. The molecule has 1 heterocycles. The maximum absolute atomic E-state index is 12.5. The Hall–Kier alpha value is -2.88. The molecule has 0 spiro atoms. The van der Waals surface area contributed by atoms with Crippen LogP contribution in [0.2, 0.25) is 0 Å². The topological polar surface area (TPSA) is 58.9 Å². The Labute approximate surface area is 121 Å². The van der Waals surface area contributed by atoms with E-state index in [9.17, 15) is 9.59 Å². The zero-order chi connectivity index (χ0) is 14.8. The van der Waals surface area contributed by atoms with Gasteiger partial charge in [-0.25, -0.2) is 0 Å². The first-order chi connectivity index (χ1) is 10.2. The van der Waals surface area contributed by atoms with Gasteiger partial charge in [0.1, 0.15) is 5.70 Å². The second-order valence-corrected chi connectivity index (χ2v) is 4.79. The standard InChI is InChI=1S/C17H12N2O2/c1-11-7-9-12(10-8-11)14-15(18-19-17(14)21)16(20)13-5-3-2-4-6-13/h2-10H,1H3. The third kappa shape index (κ3) is 2.43. The second kappa shape index (κ2) is 5.25. The number of hydrogen-bond acceptors (Lipinski definition) is 3. The number of rotatable bonds is 3. The van der Waals surface area contributed by atoms with Gasteiger partial charge >= 0.3 is 0 Å². The van der Waals surface area contributed by atoms with E-state index in [-0.39, 0.29) is 17.1 Å². The Bertz CT molecular complexity index is 772. The van der Waals surface area contributed by atoms with E-state index in [2.05, 4.69) is 10.2 Å². The molecule has 2 aromatic carbocycles. The van der Waals surface area contributed by atoms with Crippen molar-refractivity contribution in [2.24, 2.45) is 10.2 Å². The molecule has 0 bridgehead atoms. The van der Waals surface area contributed by atoms with Crippen LogP contribution < -0.4 is 0 Å². The van der Waals surface area contributed by atoms with Gasteiger partial charge in [-0.05, 0) is 12.5 Å². The van der Waals surface area contributed by atoms with Crippen LogP contribution in [-0.2, 0) is 4.79 Å². The van der Waals surface area contributed by atoms with E-state index >= 15 is 0 Å². The maximum atomic E-state index is 12.5. The highest BCUT2D eigenvalue weighted by atomic mass is 16.2. The van der Waals surface area contributed by atoms with Crippen LogP contribution >= 0.6 is 0 Å². The number of benzene rings is 2. The summed E-state index contributed by atoms with van der Waals surface area (Å²) in [4.78, 5) is 24.4. The normalized spacial score (nSPS) is 13.9. The monoisotopic (exact) mass is 276 g/mol. The molecule has 1 amide bonds. The summed E-state index contributed by atoms with van der Waals surface area (Å²) in [5, 5.41) is 7.31. The lowest BCUT2D eigenvalue weighted by atomic mass is 9.98. The molecule has 0 unspecified atom stereocenters. The lowest BCUT2D eigenvalue weighted by Crippen LogP contribution is -2.05. The third-order valence-electron chi connectivity index (χ3n) is 3.28. The van der Waals surface area contributed by atoms with Crippen molar-refractivity contribution in [3.05, 3.63) is 77.0 Å². The Morgan fingerprint density at radius 3 is 2.24 bits per heavy atom. The van der Waals surface area contributed by atoms with E-state index in [1.165, 1.54) is 0 Å². The average Bonchev–Trinajstić information content (AvgIpc) is 2.90. The Balaban J connectivity index is 2.09. The van der Waals surface area contributed by atoms with Gasteiger partial charge in [0.2, 0.25) is 5.78 Å². The minimum atomic E-state index is -0.474. The first-order valence-corrected chi connectivity index (χ1v) is 6.54. The number of nitrogens with zero attached hydrogens (tertiary/aromatic N) is 2. The van der Waals surface area contributed by atoms with Gasteiger partial charge < -0.3 is 0 Å². The van der Waals surface area contributed by atoms with E-state index in [0.717, 1.165) is 5.56 Å². The van der Waals surface area contributed by atoms with Crippen molar-refractivity contribution in [1.29, 1.82) is 0 Å². The van der Waals surface area contributed by atoms with Crippen molar-refractivity contribution in [3.63, 3.8) is 0 Å². The smallest absolute Gasteiger partial charge is 0.287 e. The highest BCUT2D eigenvalue weighted by molar-refractivity contribution is 6.30. The molecule has 0 saturated carbocycles. The fraction of sp³-hybridized carbons (Fsp3) is 0.0588. The molecule has 102 valence electrons. The molecule has 0 fully saturated rings. The third-order valence-corrected chi connectivity index (χ3v) is 3.28. The molecule has 0 aliphatic carbocycles. The molecule has 0 aromatic heterocycles. The predicted molar refractivity (Wildman–Crippen MR) is 78.7 cm³/mol. The number of amides is 1. The van der Waals surface area contributed by atoms with Crippen molar-refractivity contribution in [3.8, 4) is 0 Å². The van der Waals surface area contributed by atoms with Crippen LogP contribution in [0.25, 0.3) is 5.57 Å². The summed E-state index contributed by atoms with van der Waals surface area (Å²) in [5.74, 6) is -0.765. The summed E-state index contributed by atoms with van der Waals surface area (Å²) in [6.45, 7) is 1.96. The first kappa shape index (κ1) is 13.1. The molecule has 3 rings (SSSR count). The summed E-state index contributed by atoms with van der Waals surface area (Å²) in [5.41, 5.74) is 2.61. The van der Waals surface area contributed by atoms with E-state index in [0.29, 0.717) is 11.1 Å². The van der Waals surface area contributed by atoms with Gasteiger partial charge in [0.25, 0.3) is 5.91 Å². The molecule has 0 radical (unpaired) electrons. The number of allylic oxidation sites excluding steroid dienone is 1. The van der Waals surface area contributed by atoms with Crippen LogP contribution in [0.1, 0.15) is 21.5 Å². The Kier molecular flexibility index (Phi) is 3.28. The van der Waals surface area contributed by atoms with E-state index in [4.69, 9.17) is 0 Å². The molecule has 21 heavy (non-hydrogen) atoms. The fourth-order valence-corrected chi connectivity index (χ4v) is 2.16. The number of carbonyl (C=O) groups is 2. The second-order valence-electron chi connectivity index (χ2n) is 4.79. The molecule has 4 nitrogen and oxygen atoms in total. The Morgan fingerprint density at radius 2 is 1.57 bits per heavy atom. The molecule has 0 N–H and O–H groups in total. The number of aryl methyl sites for hydroxylation is 1. The van der Waals surface area contributed by atoms with Crippen LogP contribution in [0.4, 0.5) is 0 Å². The lowest BCUT2D eigenvalue weighted by molar-refractivity contribution is -0.112. The summed E-state index contributed by atoms with van der Waals surface area (Å²) in [6.07, 6.45) is 0. The molecule has 2 aromatic rings. The number of hydrogen-bond donors (Lipinski definition) is 0. The highest BCUT2D eigenvalue weighted by Gasteiger charge is 2.28. The van der Waals surface area contributed by atoms with Gasteiger partial charge in [0.05, 0.1) is 5.57 Å². The molecule has 4 heteroatoms. The molecular formula is C17H12N2O2. The van der Waals surface area contributed by atoms with Crippen molar-refractivity contribution in [2.75, 3.05) is 0 Å². The van der Waals surface area contributed by atoms with Crippen LogP contribution in [0.15, 0.2) is 70.5 Å². The summed E-state index contributed by atoms with van der Waals surface area (Å²) in [7, 11) is 0. The van der Waals surface area contributed by atoms with Gasteiger partial charge in [-0.3, -0.25) is 9.59 Å². The fourth-order valence-electron chi connectivity index (χ4n) is 2.16. The van der Waals surface area contributed by atoms with Crippen LogP contribution in [0, 0.1) is 6.92 Å².